The molecule has 1 atom stereocenters. The molecule has 1 aromatic carbocycles. The van der Waals surface area contributed by atoms with E-state index in [4.69, 9.17) is 17.4 Å². The van der Waals surface area contributed by atoms with E-state index in [9.17, 15) is 0 Å². The van der Waals surface area contributed by atoms with Crippen LogP contribution in [0.5, 0.6) is 0 Å². The van der Waals surface area contributed by atoms with Gasteiger partial charge in [0.15, 0.2) is 0 Å². The molecule has 2 heterocycles. The Bertz CT molecular complexity index is 661. The summed E-state index contributed by atoms with van der Waals surface area (Å²) in [5.41, 5.74) is 4.02. The second-order valence-electron chi connectivity index (χ2n) is 4.31. The Labute approximate surface area is 124 Å². The van der Waals surface area contributed by atoms with Crippen LogP contribution in [0.4, 0.5) is 0 Å². The van der Waals surface area contributed by atoms with Gasteiger partial charge >= 0.3 is 0 Å². The molecule has 0 fully saturated rings. The Morgan fingerprint density at radius 3 is 2.79 bits per heavy atom. The van der Waals surface area contributed by atoms with Gasteiger partial charge in [-0.2, -0.15) is 0 Å². The lowest BCUT2D eigenvalue weighted by atomic mass is 10.1. The molecule has 0 aliphatic rings. The van der Waals surface area contributed by atoms with Gasteiger partial charge in [-0.3, -0.25) is 11.3 Å². The van der Waals surface area contributed by atoms with E-state index in [0.717, 1.165) is 17.0 Å². The fourth-order valence-electron chi connectivity index (χ4n) is 2.08. The Morgan fingerprint density at radius 1 is 1.21 bits per heavy atom. The van der Waals surface area contributed by atoms with E-state index in [0.29, 0.717) is 0 Å². The molecule has 1 unspecified atom stereocenters. The molecule has 0 radical (unpaired) electrons. The van der Waals surface area contributed by atoms with Crippen LogP contribution < -0.4 is 11.3 Å². The van der Waals surface area contributed by atoms with Gasteiger partial charge in [-0.25, -0.2) is 0 Å². The van der Waals surface area contributed by atoms with E-state index in [1.165, 1.54) is 14.3 Å². The first-order valence-corrected chi connectivity index (χ1v) is 8.02. The van der Waals surface area contributed by atoms with E-state index >= 15 is 0 Å². The number of nitrogens with one attached hydrogen (secondary N) is 1. The van der Waals surface area contributed by atoms with Crippen molar-refractivity contribution in [1.82, 2.24) is 5.43 Å². The number of hydrazine groups is 1. The number of nitrogens with two attached hydrogens (primary N) is 1. The van der Waals surface area contributed by atoms with Crippen LogP contribution in [-0.2, 0) is 6.42 Å². The standard InChI is InChI=1S/C14H13ClN2S2/c15-10-4-2-1-3-9(10)7-11(17-16)13-8-14-12(19-13)5-6-18-14/h1-6,8,11,17H,7,16H2. The Morgan fingerprint density at radius 2 is 2.05 bits per heavy atom. The number of halogens is 1. The fourth-order valence-corrected chi connectivity index (χ4v) is 4.47. The summed E-state index contributed by atoms with van der Waals surface area (Å²) in [6.45, 7) is 0. The average molecular weight is 309 g/mol. The van der Waals surface area contributed by atoms with E-state index in [2.05, 4.69) is 22.9 Å². The minimum atomic E-state index is 0.101. The van der Waals surface area contributed by atoms with E-state index in [-0.39, 0.29) is 6.04 Å². The maximum atomic E-state index is 6.21. The second kappa shape index (κ2) is 5.61. The molecule has 0 saturated carbocycles. The number of thiophene rings is 2. The highest BCUT2D eigenvalue weighted by molar-refractivity contribution is 7.26. The highest BCUT2D eigenvalue weighted by atomic mass is 35.5. The SMILES string of the molecule is NNC(Cc1ccccc1Cl)c1cc2sccc2s1. The second-order valence-corrected chi connectivity index (χ2v) is 6.78. The molecule has 0 spiro atoms. The molecular weight excluding hydrogens is 296 g/mol. The van der Waals surface area contributed by atoms with Crippen molar-refractivity contribution < 1.29 is 0 Å². The smallest absolute Gasteiger partial charge is 0.0594 e. The summed E-state index contributed by atoms with van der Waals surface area (Å²) in [7, 11) is 0. The van der Waals surface area contributed by atoms with Gasteiger partial charge in [0.05, 0.1) is 6.04 Å². The quantitative estimate of drug-likeness (QED) is 0.555. The summed E-state index contributed by atoms with van der Waals surface area (Å²) >= 11 is 9.76. The van der Waals surface area contributed by atoms with Gasteiger partial charge in [-0.15, -0.1) is 22.7 Å². The first kappa shape index (κ1) is 13.1. The number of fused-ring (bicyclic) bond motifs is 1. The lowest BCUT2D eigenvalue weighted by Crippen LogP contribution is -2.29. The zero-order chi connectivity index (χ0) is 13.2. The van der Waals surface area contributed by atoms with Gasteiger partial charge in [-0.05, 0) is 35.6 Å². The monoisotopic (exact) mass is 308 g/mol. The van der Waals surface area contributed by atoms with Crippen molar-refractivity contribution in [2.45, 2.75) is 12.5 Å². The molecule has 3 rings (SSSR count). The van der Waals surface area contributed by atoms with Crippen molar-refractivity contribution in [3.05, 3.63) is 57.2 Å². The third-order valence-electron chi connectivity index (χ3n) is 3.08. The average Bonchev–Trinajstić information content (AvgIpc) is 2.98. The molecule has 0 aliphatic carbocycles. The Kier molecular flexibility index (Phi) is 3.86. The van der Waals surface area contributed by atoms with Crippen molar-refractivity contribution in [2.24, 2.45) is 5.84 Å². The van der Waals surface area contributed by atoms with Gasteiger partial charge in [0.2, 0.25) is 0 Å². The van der Waals surface area contributed by atoms with Crippen LogP contribution in [-0.4, -0.2) is 0 Å². The predicted octanol–water partition coefficient (Wildman–Crippen LogP) is 4.36. The summed E-state index contributed by atoms with van der Waals surface area (Å²) in [5.74, 6) is 5.71. The van der Waals surface area contributed by atoms with Crippen LogP contribution in [0.15, 0.2) is 41.8 Å². The summed E-state index contributed by atoms with van der Waals surface area (Å²) in [6.07, 6.45) is 0.796. The molecule has 3 aromatic rings. The number of hydrogen-bond donors (Lipinski definition) is 2. The highest BCUT2D eigenvalue weighted by Gasteiger charge is 2.15. The van der Waals surface area contributed by atoms with Gasteiger partial charge in [0.1, 0.15) is 0 Å². The summed E-state index contributed by atoms with van der Waals surface area (Å²) in [4.78, 5) is 1.25. The molecule has 0 saturated heterocycles. The minimum Gasteiger partial charge on any atom is -0.271 e. The van der Waals surface area contributed by atoms with Gasteiger partial charge < -0.3 is 0 Å². The summed E-state index contributed by atoms with van der Waals surface area (Å²) < 4.78 is 2.64. The number of rotatable bonds is 4. The van der Waals surface area contributed by atoms with Gasteiger partial charge in [0, 0.05) is 19.3 Å². The van der Waals surface area contributed by atoms with Crippen molar-refractivity contribution in [3.63, 3.8) is 0 Å². The molecule has 19 heavy (non-hydrogen) atoms. The summed E-state index contributed by atoms with van der Waals surface area (Å²) in [5, 5.41) is 2.91. The minimum absolute atomic E-state index is 0.101. The first-order valence-electron chi connectivity index (χ1n) is 5.94. The van der Waals surface area contributed by atoms with Crippen LogP contribution in [0.3, 0.4) is 0 Å². The topological polar surface area (TPSA) is 38.0 Å². The zero-order valence-corrected chi connectivity index (χ0v) is 12.5. The molecule has 2 aromatic heterocycles. The van der Waals surface area contributed by atoms with Crippen molar-refractivity contribution in [2.75, 3.05) is 0 Å². The summed E-state index contributed by atoms with van der Waals surface area (Å²) in [6, 6.07) is 12.4. The Hall–Kier alpha value is -0.910. The molecular formula is C14H13ClN2S2. The lowest BCUT2D eigenvalue weighted by Gasteiger charge is -2.15. The maximum Gasteiger partial charge on any atom is 0.0594 e. The predicted molar refractivity (Wildman–Crippen MR) is 84.9 cm³/mol. The molecule has 5 heteroatoms. The van der Waals surface area contributed by atoms with Crippen LogP contribution in [0, 0.1) is 0 Å². The van der Waals surface area contributed by atoms with Crippen LogP contribution in [0.25, 0.3) is 9.40 Å². The third kappa shape index (κ3) is 2.68. The van der Waals surface area contributed by atoms with Crippen molar-refractivity contribution in [3.8, 4) is 0 Å². The lowest BCUT2D eigenvalue weighted by molar-refractivity contribution is 0.561. The molecule has 98 valence electrons. The van der Waals surface area contributed by atoms with Crippen molar-refractivity contribution >= 4 is 43.7 Å². The van der Waals surface area contributed by atoms with E-state index in [1.807, 2.05) is 24.3 Å². The molecule has 2 nitrogen and oxygen atoms in total. The largest absolute Gasteiger partial charge is 0.271 e. The maximum absolute atomic E-state index is 6.21. The fraction of sp³-hybridized carbons (Fsp3) is 0.143. The zero-order valence-electron chi connectivity index (χ0n) is 10.1. The number of benzene rings is 1. The molecule has 0 aliphatic heterocycles. The third-order valence-corrected chi connectivity index (χ3v) is 5.66. The first-order chi connectivity index (χ1) is 9.28. The van der Waals surface area contributed by atoms with Crippen molar-refractivity contribution in [1.29, 1.82) is 0 Å². The van der Waals surface area contributed by atoms with Gasteiger partial charge in [-0.1, -0.05) is 29.8 Å². The normalized spacial score (nSPS) is 12.9. The Balaban J connectivity index is 1.88. The number of hydrogen-bond acceptors (Lipinski definition) is 4. The van der Waals surface area contributed by atoms with E-state index < -0.39 is 0 Å². The molecule has 0 amide bonds. The van der Waals surface area contributed by atoms with Gasteiger partial charge in [0.25, 0.3) is 0 Å². The van der Waals surface area contributed by atoms with Crippen LogP contribution in [0.2, 0.25) is 5.02 Å². The van der Waals surface area contributed by atoms with Crippen LogP contribution >= 0.6 is 34.3 Å². The van der Waals surface area contributed by atoms with E-state index in [1.54, 1.807) is 22.7 Å². The molecule has 0 bridgehead atoms. The molecule has 3 N–H and O–H groups in total. The highest BCUT2D eigenvalue weighted by Crippen LogP contribution is 2.34. The van der Waals surface area contributed by atoms with Crippen LogP contribution in [0.1, 0.15) is 16.5 Å².